The molecular formula is C21H27N3O3. The van der Waals surface area contributed by atoms with Crippen LogP contribution in [0.15, 0.2) is 48.5 Å². The number of aliphatic hydroxyl groups excluding tert-OH is 1. The summed E-state index contributed by atoms with van der Waals surface area (Å²) in [5, 5.41) is 17.9. The third-order valence-corrected chi connectivity index (χ3v) is 4.15. The number of aryl methyl sites for hydroxylation is 1. The van der Waals surface area contributed by atoms with Crippen molar-refractivity contribution in [1.29, 1.82) is 0 Å². The average Bonchev–Trinajstić information content (AvgIpc) is 2.64. The summed E-state index contributed by atoms with van der Waals surface area (Å²) in [5.41, 5.74) is 3.91. The molecule has 27 heavy (non-hydrogen) atoms. The fourth-order valence-corrected chi connectivity index (χ4v) is 2.70. The Balaban J connectivity index is 1.77. The number of carbonyl (C=O) groups is 2. The van der Waals surface area contributed by atoms with Crippen molar-refractivity contribution in [2.24, 2.45) is 5.92 Å². The van der Waals surface area contributed by atoms with Gasteiger partial charge in [0.15, 0.2) is 0 Å². The number of hydrogen-bond acceptors (Lipinski definition) is 3. The third-order valence-electron chi connectivity index (χ3n) is 4.15. The first-order chi connectivity index (χ1) is 13.0. The van der Waals surface area contributed by atoms with Crippen molar-refractivity contribution in [2.75, 3.05) is 18.5 Å². The van der Waals surface area contributed by atoms with Crippen LogP contribution in [0.1, 0.15) is 23.6 Å². The van der Waals surface area contributed by atoms with Crippen LogP contribution in [-0.2, 0) is 17.8 Å². The molecular weight excluding hydrogens is 342 g/mol. The van der Waals surface area contributed by atoms with Gasteiger partial charge in [-0.1, -0.05) is 42.0 Å². The highest BCUT2D eigenvalue weighted by Gasteiger charge is 2.10. The minimum Gasteiger partial charge on any atom is -0.396 e. The molecule has 4 N–H and O–H groups in total. The van der Waals surface area contributed by atoms with Gasteiger partial charge >= 0.3 is 6.03 Å². The standard InChI is InChI=1S/C21H27N3O3/c1-15-6-8-17(9-7-15)10-19(14-25)13-23-21(27)22-12-18-4-3-5-20(11-18)24-16(2)26/h3-9,11,19,25H,10,12-14H2,1-2H3,(H,24,26)(H2,22,23,27)/t19-/m1/s1. The zero-order chi connectivity index (χ0) is 19.6. The summed E-state index contributed by atoms with van der Waals surface area (Å²) in [6.45, 7) is 4.23. The van der Waals surface area contributed by atoms with Crippen LogP contribution in [0.4, 0.5) is 10.5 Å². The van der Waals surface area contributed by atoms with Crippen LogP contribution in [0.5, 0.6) is 0 Å². The van der Waals surface area contributed by atoms with Gasteiger partial charge in [-0.3, -0.25) is 4.79 Å². The van der Waals surface area contributed by atoms with E-state index >= 15 is 0 Å². The Morgan fingerprint density at radius 1 is 1.04 bits per heavy atom. The molecule has 0 saturated heterocycles. The molecule has 0 aromatic heterocycles. The topological polar surface area (TPSA) is 90.5 Å². The van der Waals surface area contributed by atoms with Crippen LogP contribution in [0.25, 0.3) is 0 Å². The van der Waals surface area contributed by atoms with Gasteiger partial charge < -0.3 is 21.1 Å². The molecule has 1 atom stereocenters. The number of rotatable bonds is 8. The van der Waals surface area contributed by atoms with Crippen LogP contribution in [0, 0.1) is 12.8 Å². The van der Waals surface area contributed by atoms with Gasteiger partial charge in [-0.2, -0.15) is 0 Å². The third kappa shape index (κ3) is 7.50. The summed E-state index contributed by atoms with van der Waals surface area (Å²) in [6.07, 6.45) is 0.704. The predicted molar refractivity (Wildman–Crippen MR) is 106 cm³/mol. The molecule has 0 bridgehead atoms. The van der Waals surface area contributed by atoms with E-state index in [0.717, 1.165) is 11.1 Å². The second-order valence-corrected chi connectivity index (χ2v) is 6.68. The summed E-state index contributed by atoms with van der Waals surface area (Å²) in [7, 11) is 0. The fourth-order valence-electron chi connectivity index (χ4n) is 2.70. The molecule has 144 valence electrons. The minimum absolute atomic E-state index is 0.00686. The van der Waals surface area contributed by atoms with Crippen molar-refractivity contribution in [3.63, 3.8) is 0 Å². The minimum atomic E-state index is -0.290. The van der Waals surface area contributed by atoms with Crippen molar-refractivity contribution < 1.29 is 14.7 Å². The second kappa shape index (κ2) is 10.3. The zero-order valence-corrected chi connectivity index (χ0v) is 15.8. The molecule has 0 radical (unpaired) electrons. The van der Waals surface area contributed by atoms with Crippen molar-refractivity contribution in [3.05, 3.63) is 65.2 Å². The van der Waals surface area contributed by atoms with Crippen LogP contribution >= 0.6 is 0 Å². The first-order valence-electron chi connectivity index (χ1n) is 9.01. The smallest absolute Gasteiger partial charge is 0.315 e. The first kappa shape index (κ1) is 20.5. The Kier molecular flexibility index (Phi) is 7.82. The molecule has 2 rings (SSSR count). The average molecular weight is 369 g/mol. The number of benzene rings is 2. The van der Waals surface area contributed by atoms with Gasteiger partial charge in [0.25, 0.3) is 0 Å². The van der Waals surface area contributed by atoms with Crippen molar-refractivity contribution in [3.8, 4) is 0 Å². The van der Waals surface area contributed by atoms with Gasteiger partial charge in [0.05, 0.1) is 0 Å². The molecule has 2 aromatic rings. The van der Waals surface area contributed by atoms with Crippen LogP contribution in [0.3, 0.4) is 0 Å². The number of nitrogens with one attached hydrogen (secondary N) is 3. The fraction of sp³-hybridized carbons (Fsp3) is 0.333. The molecule has 0 aliphatic heterocycles. The Morgan fingerprint density at radius 2 is 1.78 bits per heavy atom. The molecule has 2 aromatic carbocycles. The lowest BCUT2D eigenvalue weighted by Crippen LogP contribution is -2.39. The van der Waals surface area contributed by atoms with Gasteiger partial charge in [0.1, 0.15) is 0 Å². The molecule has 0 saturated carbocycles. The Bertz CT molecular complexity index is 760. The number of carbonyl (C=O) groups excluding carboxylic acids is 2. The summed E-state index contributed by atoms with van der Waals surface area (Å²) >= 11 is 0. The number of amides is 3. The zero-order valence-electron chi connectivity index (χ0n) is 15.8. The van der Waals surface area contributed by atoms with Crippen LogP contribution in [0.2, 0.25) is 0 Å². The maximum Gasteiger partial charge on any atom is 0.315 e. The van der Waals surface area contributed by atoms with E-state index in [1.54, 1.807) is 6.07 Å². The Labute approximate surface area is 160 Å². The second-order valence-electron chi connectivity index (χ2n) is 6.68. The Hall–Kier alpha value is -2.86. The summed E-state index contributed by atoms with van der Waals surface area (Å²) < 4.78 is 0. The van der Waals surface area contributed by atoms with E-state index in [0.29, 0.717) is 25.2 Å². The van der Waals surface area contributed by atoms with E-state index in [2.05, 4.69) is 16.0 Å². The Morgan fingerprint density at radius 3 is 2.44 bits per heavy atom. The lowest BCUT2D eigenvalue weighted by molar-refractivity contribution is -0.114. The normalized spacial score (nSPS) is 11.5. The molecule has 6 heteroatoms. The van der Waals surface area contributed by atoms with E-state index in [9.17, 15) is 14.7 Å². The monoisotopic (exact) mass is 369 g/mol. The lowest BCUT2D eigenvalue weighted by Gasteiger charge is -2.16. The van der Waals surface area contributed by atoms with Gasteiger partial charge in [-0.25, -0.2) is 4.79 Å². The SMILES string of the molecule is CC(=O)Nc1cccc(CNC(=O)NC[C@H](CO)Cc2ccc(C)cc2)c1. The molecule has 0 spiro atoms. The van der Waals surface area contributed by atoms with E-state index in [1.807, 2.05) is 49.4 Å². The van der Waals surface area contributed by atoms with Gasteiger partial charge in [0, 0.05) is 38.2 Å². The number of aliphatic hydroxyl groups is 1. The highest BCUT2D eigenvalue weighted by Crippen LogP contribution is 2.11. The summed E-state index contributed by atoms with van der Waals surface area (Å²) in [5.74, 6) is -0.178. The van der Waals surface area contributed by atoms with E-state index in [1.165, 1.54) is 12.5 Å². The van der Waals surface area contributed by atoms with Crippen LogP contribution < -0.4 is 16.0 Å². The van der Waals surface area contributed by atoms with Crippen molar-refractivity contribution in [2.45, 2.75) is 26.8 Å². The number of hydrogen-bond donors (Lipinski definition) is 4. The van der Waals surface area contributed by atoms with Gasteiger partial charge in [-0.15, -0.1) is 0 Å². The van der Waals surface area contributed by atoms with Gasteiger partial charge in [0.2, 0.25) is 5.91 Å². The number of anilines is 1. The molecule has 3 amide bonds. The summed E-state index contributed by atoms with van der Waals surface area (Å²) in [6, 6.07) is 15.2. The molecule has 0 fully saturated rings. The maximum atomic E-state index is 12.0. The molecule has 0 unspecified atom stereocenters. The molecule has 0 aliphatic carbocycles. The van der Waals surface area contributed by atoms with Crippen LogP contribution in [-0.4, -0.2) is 30.2 Å². The lowest BCUT2D eigenvalue weighted by atomic mass is 9.99. The molecule has 6 nitrogen and oxygen atoms in total. The summed E-state index contributed by atoms with van der Waals surface area (Å²) in [4.78, 5) is 23.1. The van der Waals surface area contributed by atoms with Crippen molar-refractivity contribution >= 4 is 17.6 Å². The van der Waals surface area contributed by atoms with E-state index < -0.39 is 0 Å². The molecule has 0 aliphatic rings. The highest BCUT2D eigenvalue weighted by atomic mass is 16.3. The first-order valence-corrected chi connectivity index (χ1v) is 9.01. The van der Waals surface area contributed by atoms with Gasteiger partial charge in [-0.05, 0) is 36.6 Å². The predicted octanol–water partition coefficient (Wildman–Crippen LogP) is 2.60. The van der Waals surface area contributed by atoms with E-state index in [4.69, 9.17) is 0 Å². The maximum absolute atomic E-state index is 12.0. The largest absolute Gasteiger partial charge is 0.396 e. The van der Waals surface area contributed by atoms with E-state index in [-0.39, 0.29) is 24.5 Å². The highest BCUT2D eigenvalue weighted by molar-refractivity contribution is 5.88. The molecule has 0 heterocycles. The number of urea groups is 1. The van der Waals surface area contributed by atoms with Crippen molar-refractivity contribution in [1.82, 2.24) is 10.6 Å². The quantitative estimate of drug-likeness (QED) is 0.576.